The minimum atomic E-state index is -0.190. The Morgan fingerprint density at radius 1 is 1.33 bits per heavy atom. The molecule has 1 atom stereocenters. The summed E-state index contributed by atoms with van der Waals surface area (Å²) < 4.78 is 12.8. The first kappa shape index (κ1) is 15.0. The van der Waals surface area contributed by atoms with E-state index in [-0.39, 0.29) is 18.7 Å². The third-order valence-electron chi connectivity index (χ3n) is 4.61. The lowest BCUT2D eigenvalue weighted by Crippen LogP contribution is -2.47. The lowest BCUT2D eigenvalue weighted by molar-refractivity contribution is -0.126. The molecular weight excluding hydrogens is 308 g/mol. The molecule has 0 saturated heterocycles. The van der Waals surface area contributed by atoms with Crippen molar-refractivity contribution in [3.8, 4) is 11.5 Å². The van der Waals surface area contributed by atoms with Gasteiger partial charge in [-0.05, 0) is 24.6 Å². The Labute approximate surface area is 140 Å². The summed E-state index contributed by atoms with van der Waals surface area (Å²) in [5, 5.41) is 3.00. The molecular formula is C17H20N4O3. The molecule has 2 aromatic rings. The number of hydrogen-bond donors (Lipinski definition) is 1. The summed E-state index contributed by atoms with van der Waals surface area (Å²) in [6, 6.07) is 5.53. The van der Waals surface area contributed by atoms with Crippen LogP contribution in [0.5, 0.6) is 11.5 Å². The normalized spacial score (nSPS) is 17.4. The molecule has 2 aliphatic heterocycles. The second-order valence-electron chi connectivity index (χ2n) is 6.09. The van der Waals surface area contributed by atoms with Crippen molar-refractivity contribution < 1.29 is 14.3 Å². The summed E-state index contributed by atoms with van der Waals surface area (Å²) >= 11 is 0. The van der Waals surface area contributed by atoms with E-state index in [1.807, 2.05) is 37.5 Å². The summed E-state index contributed by atoms with van der Waals surface area (Å²) in [5.74, 6) is 2.52. The number of benzene rings is 1. The third-order valence-corrected chi connectivity index (χ3v) is 4.61. The van der Waals surface area contributed by atoms with Gasteiger partial charge in [-0.25, -0.2) is 4.98 Å². The zero-order valence-corrected chi connectivity index (χ0v) is 13.6. The van der Waals surface area contributed by atoms with Crippen LogP contribution in [0.1, 0.15) is 18.3 Å². The second-order valence-corrected chi connectivity index (χ2v) is 6.09. The molecule has 126 valence electrons. The fourth-order valence-electron chi connectivity index (χ4n) is 3.08. The fraction of sp³-hybridized carbons (Fsp3) is 0.412. The van der Waals surface area contributed by atoms with Crippen LogP contribution in [0.2, 0.25) is 0 Å². The van der Waals surface area contributed by atoms with E-state index >= 15 is 0 Å². The van der Waals surface area contributed by atoms with Crippen LogP contribution in [0, 0.1) is 0 Å². The van der Waals surface area contributed by atoms with E-state index < -0.39 is 0 Å². The molecule has 2 aliphatic rings. The first-order valence-electron chi connectivity index (χ1n) is 8.11. The molecule has 0 spiro atoms. The van der Waals surface area contributed by atoms with Crippen LogP contribution in [0.3, 0.4) is 0 Å². The number of ether oxygens (including phenoxy) is 2. The van der Waals surface area contributed by atoms with Gasteiger partial charge in [-0.3, -0.25) is 9.69 Å². The van der Waals surface area contributed by atoms with Crippen molar-refractivity contribution in [1.82, 2.24) is 19.8 Å². The molecule has 0 saturated carbocycles. The SMILES string of the molecule is CC(C(=O)NCc1ccc2c(c1)OCO2)N1CCn2ccnc2C1. The Balaban J connectivity index is 1.34. The van der Waals surface area contributed by atoms with E-state index in [1.54, 1.807) is 0 Å². The monoisotopic (exact) mass is 328 g/mol. The zero-order chi connectivity index (χ0) is 16.5. The largest absolute Gasteiger partial charge is 0.454 e. The van der Waals surface area contributed by atoms with E-state index in [1.165, 1.54) is 0 Å². The van der Waals surface area contributed by atoms with Crippen LogP contribution in [-0.2, 0) is 24.4 Å². The Bertz CT molecular complexity index is 758. The number of hydrogen-bond acceptors (Lipinski definition) is 5. The van der Waals surface area contributed by atoms with Gasteiger partial charge in [0, 0.05) is 32.0 Å². The summed E-state index contributed by atoms with van der Waals surface area (Å²) in [7, 11) is 0. The molecule has 7 nitrogen and oxygen atoms in total. The Morgan fingerprint density at radius 3 is 3.12 bits per heavy atom. The highest BCUT2D eigenvalue weighted by atomic mass is 16.7. The minimum absolute atomic E-state index is 0.0210. The zero-order valence-electron chi connectivity index (χ0n) is 13.6. The number of carbonyl (C=O) groups is 1. The average molecular weight is 328 g/mol. The maximum absolute atomic E-state index is 12.5. The van der Waals surface area contributed by atoms with Gasteiger partial charge in [0.25, 0.3) is 0 Å². The van der Waals surface area contributed by atoms with Gasteiger partial charge in [0.1, 0.15) is 5.82 Å². The number of imidazole rings is 1. The van der Waals surface area contributed by atoms with Crippen LogP contribution < -0.4 is 14.8 Å². The molecule has 0 radical (unpaired) electrons. The smallest absolute Gasteiger partial charge is 0.237 e. The van der Waals surface area contributed by atoms with Gasteiger partial charge < -0.3 is 19.4 Å². The van der Waals surface area contributed by atoms with Crippen LogP contribution in [0.15, 0.2) is 30.6 Å². The standard InChI is InChI=1S/C17H20N4O3/c1-12(21-7-6-20-5-4-18-16(20)10-21)17(22)19-9-13-2-3-14-15(8-13)24-11-23-14/h2-5,8,12H,6-7,9-11H2,1H3,(H,19,22). The van der Waals surface area contributed by atoms with Crippen LogP contribution >= 0.6 is 0 Å². The first-order chi connectivity index (χ1) is 11.7. The summed E-state index contributed by atoms with van der Waals surface area (Å²) in [6.45, 7) is 5.09. The van der Waals surface area contributed by atoms with Crippen molar-refractivity contribution in [2.45, 2.75) is 32.6 Å². The average Bonchev–Trinajstić information content (AvgIpc) is 3.26. The van der Waals surface area contributed by atoms with Gasteiger partial charge in [0.2, 0.25) is 12.7 Å². The Morgan fingerprint density at radius 2 is 2.21 bits per heavy atom. The van der Waals surface area contributed by atoms with Crippen molar-refractivity contribution in [2.75, 3.05) is 13.3 Å². The molecule has 3 heterocycles. The molecule has 0 bridgehead atoms. The predicted molar refractivity (Wildman–Crippen MR) is 86.5 cm³/mol. The third kappa shape index (κ3) is 2.82. The number of nitrogens with one attached hydrogen (secondary N) is 1. The van der Waals surface area contributed by atoms with Crippen LogP contribution in [-0.4, -0.2) is 39.7 Å². The van der Waals surface area contributed by atoms with E-state index in [9.17, 15) is 4.79 Å². The molecule has 7 heteroatoms. The van der Waals surface area contributed by atoms with Gasteiger partial charge >= 0.3 is 0 Å². The number of fused-ring (bicyclic) bond motifs is 2. The Kier molecular flexibility index (Phi) is 3.86. The number of aromatic nitrogens is 2. The predicted octanol–water partition coefficient (Wildman–Crippen LogP) is 1.13. The van der Waals surface area contributed by atoms with Crippen molar-refractivity contribution >= 4 is 5.91 Å². The second kappa shape index (κ2) is 6.16. The number of rotatable bonds is 4. The van der Waals surface area contributed by atoms with Crippen molar-refractivity contribution in [2.24, 2.45) is 0 Å². The van der Waals surface area contributed by atoms with E-state index in [0.29, 0.717) is 13.1 Å². The molecule has 1 amide bonds. The van der Waals surface area contributed by atoms with Crippen molar-refractivity contribution in [3.05, 3.63) is 42.0 Å². The molecule has 1 N–H and O–H groups in total. The summed E-state index contributed by atoms with van der Waals surface area (Å²) in [5.41, 5.74) is 0.994. The summed E-state index contributed by atoms with van der Waals surface area (Å²) in [6.07, 6.45) is 3.79. The fourth-order valence-corrected chi connectivity index (χ4v) is 3.08. The van der Waals surface area contributed by atoms with E-state index in [0.717, 1.165) is 36.0 Å². The molecule has 0 fully saturated rings. The highest BCUT2D eigenvalue weighted by Crippen LogP contribution is 2.32. The van der Waals surface area contributed by atoms with Gasteiger partial charge in [0.05, 0.1) is 12.6 Å². The first-order valence-corrected chi connectivity index (χ1v) is 8.11. The molecule has 0 aliphatic carbocycles. The topological polar surface area (TPSA) is 68.6 Å². The lowest BCUT2D eigenvalue weighted by atomic mass is 10.2. The van der Waals surface area contributed by atoms with Gasteiger partial charge in [-0.15, -0.1) is 0 Å². The molecule has 1 unspecified atom stereocenters. The maximum atomic E-state index is 12.5. The molecule has 24 heavy (non-hydrogen) atoms. The lowest BCUT2D eigenvalue weighted by Gasteiger charge is -2.31. The number of nitrogens with zero attached hydrogens (tertiary/aromatic N) is 3. The number of amides is 1. The highest BCUT2D eigenvalue weighted by molar-refractivity contribution is 5.81. The molecule has 1 aromatic heterocycles. The van der Waals surface area contributed by atoms with E-state index in [2.05, 4.69) is 19.8 Å². The summed E-state index contributed by atoms with van der Waals surface area (Å²) in [4.78, 5) is 19.0. The Hall–Kier alpha value is -2.54. The molecule has 1 aromatic carbocycles. The van der Waals surface area contributed by atoms with Gasteiger partial charge in [-0.1, -0.05) is 6.07 Å². The van der Waals surface area contributed by atoms with E-state index in [4.69, 9.17) is 9.47 Å². The van der Waals surface area contributed by atoms with Crippen molar-refractivity contribution in [3.63, 3.8) is 0 Å². The van der Waals surface area contributed by atoms with Crippen LogP contribution in [0.25, 0.3) is 0 Å². The highest BCUT2D eigenvalue weighted by Gasteiger charge is 2.25. The van der Waals surface area contributed by atoms with Gasteiger partial charge in [-0.2, -0.15) is 0 Å². The van der Waals surface area contributed by atoms with Crippen molar-refractivity contribution in [1.29, 1.82) is 0 Å². The minimum Gasteiger partial charge on any atom is -0.454 e. The van der Waals surface area contributed by atoms with Crippen LogP contribution in [0.4, 0.5) is 0 Å². The maximum Gasteiger partial charge on any atom is 0.237 e. The molecule has 4 rings (SSSR count). The van der Waals surface area contributed by atoms with Gasteiger partial charge in [0.15, 0.2) is 11.5 Å². The quantitative estimate of drug-likeness (QED) is 0.911. The number of carbonyl (C=O) groups excluding carboxylic acids is 1.